The van der Waals surface area contributed by atoms with Crippen LogP contribution in [0.2, 0.25) is 0 Å². The van der Waals surface area contributed by atoms with E-state index in [2.05, 4.69) is 10.3 Å². The van der Waals surface area contributed by atoms with Crippen molar-refractivity contribution >= 4 is 15.8 Å². The maximum absolute atomic E-state index is 12.7. The average Bonchev–Trinajstić information content (AvgIpc) is 3.22. The van der Waals surface area contributed by atoms with Crippen LogP contribution in [-0.2, 0) is 10.0 Å². The van der Waals surface area contributed by atoms with Crippen LogP contribution < -0.4 is 5.32 Å². The lowest BCUT2D eigenvalue weighted by Crippen LogP contribution is -2.34. The van der Waals surface area contributed by atoms with Gasteiger partial charge < -0.3 is 5.32 Å². The van der Waals surface area contributed by atoms with Crippen molar-refractivity contribution in [2.45, 2.75) is 31.1 Å². The van der Waals surface area contributed by atoms with Crippen LogP contribution >= 0.6 is 0 Å². The van der Waals surface area contributed by atoms with Gasteiger partial charge in [0.2, 0.25) is 10.0 Å². The van der Waals surface area contributed by atoms with Gasteiger partial charge in [0, 0.05) is 26.3 Å². The highest BCUT2D eigenvalue weighted by molar-refractivity contribution is 7.89. The van der Waals surface area contributed by atoms with E-state index in [1.165, 1.54) is 0 Å². The normalized spacial score (nSPS) is 15.7. The third-order valence-corrected chi connectivity index (χ3v) is 5.15. The Morgan fingerprint density at radius 2 is 2.21 bits per heavy atom. The maximum atomic E-state index is 12.7. The van der Waals surface area contributed by atoms with E-state index < -0.39 is 10.0 Å². The summed E-state index contributed by atoms with van der Waals surface area (Å²) < 4.78 is 27.0. The fraction of sp³-hybridized carbons (Fsp3) is 0.615. The molecule has 0 amide bonds. The van der Waals surface area contributed by atoms with Gasteiger partial charge in [-0.1, -0.05) is 6.92 Å². The summed E-state index contributed by atoms with van der Waals surface area (Å²) in [6.07, 6.45) is 4.69. The van der Waals surface area contributed by atoms with Gasteiger partial charge in [-0.25, -0.2) is 13.4 Å². The molecule has 19 heavy (non-hydrogen) atoms. The Kier molecular flexibility index (Phi) is 4.42. The molecule has 0 aliphatic heterocycles. The Labute approximate surface area is 115 Å². The number of anilines is 1. The molecule has 0 spiro atoms. The number of nitrogens with zero attached hydrogens (tertiary/aromatic N) is 2. The second kappa shape index (κ2) is 5.88. The zero-order valence-electron chi connectivity index (χ0n) is 11.5. The fourth-order valence-electron chi connectivity index (χ4n) is 2.07. The van der Waals surface area contributed by atoms with Crippen LogP contribution in [0.25, 0.3) is 0 Å². The largest absolute Gasteiger partial charge is 0.372 e. The van der Waals surface area contributed by atoms with E-state index in [4.69, 9.17) is 0 Å². The van der Waals surface area contributed by atoms with Crippen LogP contribution in [0.3, 0.4) is 0 Å². The van der Waals surface area contributed by atoms with Gasteiger partial charge in [-0.05, 0) is 37.3 Å². The Morgan fingerprint density at radius 1 is 1.47 bits per heavy atom. The first-order valence-corrected chi connectivity index (χ1v) is 8.16. The molecule has 0 bridgehead atoms. The topological polar surface area (TPSA) is 62.3 Å². The van der Waals surface area contributed by atoms with E-state index in [-0.39, 0.29) is 4.90 Å². The van der Waals surface area contributed by atoms with Gasteiger partial charge in [0.25, 0.3) is 0 Å². The monoisotopic (exact) mass is 283 g/mol. The molecule has 1 saturated carbocycles. The van der Waals surface area contributed by atoms with E-state index in [1.54, 1.807) is 29.7 Å². The number of sulfonamides is 1. The van der Waals surface area contributed by atoms with Crippen LogP contribution in [0.1, 0.15) is 26.2 Å². The quantitative estimate of drug-likeness (QED) is 0.830. The van der Waals surface area contributed by atoms with E-state index in [9.17, 15) is 8.42 Å². The molecule has 1 N–H and O–H groups in total. The van der Waals surface area contributed by atoms with E-state index in [0.717, 1.165) is 19.3 Å². The molecule has 1 aliphatic rings. The van der Waals surface area contributed by atoms with Gasteiger partial charge in [-0.2, -0.15) is 4.31 Å². The van der Waals surface area contributed by atoms with Gasteiger partial charge in [-0.15, -0.1) is 0 Å². The zero-order chi connectivity index (χ0) is 13.9. The summed E-state index contributed by atoms with van der Waals surface area (Å²) in [5, 5.41) is 2.85. The summed E-state index contributed by atoms with van der Waals surface area (Å²) in [4.78, 5) is 4.35. The van der Waals surface area contributed by atoms with Crippen LogP contribution in [-0.4, -0.2) is 37.8 Å². The lowest BCUT2D eigenvalue weighted by molar-refractivity contribution is 0.396. The number of nitrogens with one attached hydrogen (secondary N) is 1. The molecular formula is C13H21N3O2S. The van der Waals surface area contributed by atoms with Crippen molar-refractivity contribution in [1.29, 1.82) is 0 Å². The minimum Gasteiger partial charge on any atom is -0.372 e. The molecular weight excluding hydrogens is 262 g/mol. The summed E-state index contributed by atoms with van der Waals surface area (Å²) in [7, 11) is -1.77. The van der Waals surface area contributed by atoms with Crippen LogP contribution in [0.5, 0.6) is 0 Å². The molecule has 106 valence electrons. The summed E-state index contributed by atoms with van der Waals surface area (Å²) in [5.74, 6) is 0.954. The van der Waals surface area contributed by atoms with Crippen molar-refractivity contribution in [2.75, 3.05) is 25.5 Å². The molecule has 0 unspecified atom stereocenters. The molecule has 1 heterocycles. The fourth-order valence-corrected chi connectivity index (χ4v) is 3.83. The highest BCUT2D eigenvalue weighted by atomic mass is 32.2. The first-order chi connectivity index (χ1) is 9.09. The molecule has 6 heteroatoms. The van der Waals surface area contributed by atoms with Crippen molar-refractivity contribution in [2.24, 2.45) is 5.92 Å². The second-order valence-corrected chi connectivity index (χ2v) is 6.81. The van der Waals surface area contributed by atoms with Crippen molar-refractivity contribution in [3.05, 3.63) is 18.3 Å². The predicted octanol–water partition coefficient (Wildman–Crippen LogP) is 1.93. The van der Waals surface area contributed by atoms with Crippen molar-refractivity contribution in [3.8, 4) is 0 Å². The molecule has 1 aromatic heterocycles. The predicted molar refractivity (Wildman–Crippen MR) is 75.6 cm³/mol. The number of hydrogen-bond donors (Lipinski definition) is 1. The Morgan fingerprint density at radius 3 is 2.79 bits per heavy atom. The molecule has 0 aromatic carbocycles. The highest BCUT2D eigenvalue weighted by Gasteiger charge is 2.32. The maximum Gasteiger partial charge on any atom is 0.246 e. The van der Waals surface area contributed by atoms with Crippen LogP contribution in [0.4, 0.5) is 5.82 Å². The molecule has 5 nitrogen and oxygen atoms in total. The van der Waals surface area contributed by atoms with E-state index in [0.29, 0.717) is 24.8 Å². The van der Waals surface area contributed by atoms with Crippen LogP contribution in [0, 0.1) is 5.92 Å². The SMILES string of the molecule is CCCN(CC1CC1)S(=O)(=O)c1cccnc1NC. The Bertz CT molecular complexity index is 526. The van der Waals surface area contributed by atoms with Gasteiger partial charge in [0.05, 0.1) is 0 Å². The Balaban J connectivity index is 2.31. The number of hydrogen-bond acceptors (Lipinski definition) is 4. The first kappa shape index (κ1) is 14.3. The highest BCUT2D eigenvalue weighted by Crippen LogP contribution is 2.32. The average molecular weight is 283 g/mol. The van der Waals surface area contributed by atoms with Crippen LogP contribution in [0.15, 0.2) is 23.2 Å². The lowest BCUT2D eigenvalue weighted by atomic mass is 10.4. The standard InChI is InChI=1S/C13H21N3O2S/c1-3-9-16(10-11-6-7-11)19(17,18)12-5-4-8-15-13(12)14-2/h4-5,8,11H,3,6-7,9-10H2,1-2H3,(H,14,15). The smallest absolute Gasteiger partial charge is 0.246 e. The second-order valence-electron chi connectivity index (χ2n) is 4.91. The molecule has 2 rings (SSSR count). The Hall–Kier alpha value is -1.14. The number of rotatable bonds is 7. The number of pyridine rings is 1. The van der Waals surface area contributed by atoms with Gasteiger partial charge in [-0.3, -0.25) is 0 Å². The minimum absolute atomic E-state index is 0.270. The molecule has 1 aromatic rings. The first-order valence-electron chi connectivity index (χ1n) is 6.72. The van der Waals surface area contributed by atoms with Gasteiger partial charge >= 0.3 is 0 Å². The van der Waals surface area contributed by atoms with E-state index >= 15 is 0 Å². The van der Waals surface area contributed by atoms with Crippen molar-refractivity contribution in [1.82, 2.24) is 9.29 Å². The summed E-state index contributed by atoms with van der Waals surface area (Å²) in [6, 6.07) is 3.28. The van der Waals surface area contributed by atoms with Crippen molar-refractivity contribution in [3.63, 3.8) is 0 Å². The number of aromatic nitrogens is 1. The molecule has 0 atom stereocenters. The molecule has 0 radical (unpaired) electrons. The zero-order valence-corrected chi connectivity index (χ0v) is 12.3. The minimum atomic E-state index is -3.45. The van der Waals surface area contributed by atoms with E-state index in [1.807, 2.05) is 6.92 Å². The summed E-state index contributed by atoms with van der Waals surface area (Å²) >= 11 is 0. The molecule has 0 saturated heterocycles. The third-order valence-electron chi connectivity index (χ3n) is 3.26. The van der Waals surface area contributed by atoms with Gasteiger partial charge in [0.15, 0.2) is 0 Å². The summed E-state index contributed by atoms with van der Waals surface area (Å²) in [5.41, 5.74) is 0. The summed E-state index contributed by atoms with van der Waals surface area (Å²) in [6.45, 7) is 3.20. The van der Waals surface area contributed by atoms with Gasteiger partial charge in [0.1, 0.15) is 10.7 Å². The van der Waals surface area contributed by atoms with Crippen molar-refractivity contribution < 1.29 is 8.42 Å². The molecule has 1 fully saturated rings. The lowest BCUT2D eigenvalue weighted by Gasteiger charge is -2.22. The third kappa shape index (κ3) is 3.25. The molecule has 1 aliphatic carbocycles.